The molecule has 1 saturated carbocycles. The molecular formula is C21H22N6O. The van der Waals surface area contributed by atoms with Crippen LogP contribution in [0.2, 0.25) is 0 Å². The van der Waals surface area contributed by atoms with E-state index in [-0.39, 0.29) is 0 Å². The Hall–Kier alpha value is -3.14. The highest BCUT2D eigenvalue weighted by atomic mass is 16.5. The number of hydrogen-bond donors (Lipinski definition) is 0. The Kier molecular flexibility index (Phi) is 4.32. The molecule has 5 rings (SSSR count). The van der Waals surface area contributed by atoms with Crippen molar-refractivity contribution >= 4 is 11.3 Å². The van der Waals surface area contributed by atoms with Crippen LogP contribution in [0.3, 0.4) is 0 Å². The van der Waals surface area contributed by atoms with Gasteiger partial charge in [0.15, 0.2) is 5.65 Å². The van der Waals surface area contributed by atoms with Gasteiger partial charge in [-0.15, -0.1) is 5.10 Å². The van der Waals surface area contributed by atoms with E-state index in [0.717, 1.165) is 43.0 Å². The number of nitrogens with zero attached hydrogens (tertiary/aromatic N) is 6. The molecule has 3 aromatic rings. The molecule has 0 N–H and O–H groups in total. The Morgan fingerprint density at radius 2 is 2.00 bits per heavy atom. The van der Waals surface area contributed by atoms with Crippen LogP contribution in [0.5, 0.6) is 5.88 Å². The molecule has 1 aliphatic carbocycles. The minimum atomic E-state index is 0.487. The third-order valence-corrected chi connectivity index (χ3v) is 5.65. The minimum absolute atomic E-state index is 0.487. The lowest BCUT2D eigenvalue weighted by Crippen LogP contribution is -2.36. The third kappa shape index (κ3) is 3.38. The molecule has 2 aliphatic rings. The maximum atomic E-state index is 9.28. The predicted octanol–water partition coefficient (Wildman–Crippen LogP) is 3.17. The fourth-order valence-corrected chi connectivity index (χ4v) is 3.81. The first-order valence-electron chi connectivity index (χ1n) is 9.88. The van der Waals surface area contributed by atoms with Crippen LogP contribution in [-0.4, -0.2) is 39.3 Å². The number of pyridine rings is 1. The highest BCUT2D eigenvalue weighted by molar-refractivity contribution is 5.57. The fourth-order valence-electron chi connectivity index (χ4n) is 3.81. The van der Waals surface area contributed by atoms with Crippen LogP contribution in [0.15, 0.2) is 36.8 Å². The second kappa shape index (κ2) is 7.12. The molecule has 1 saturated heterocycles. The zero-order valence-electron chi connectivity index (χ0n) is 15.7. The van der Waals surface area contributed by atoms with Crippen molar-refractivity contribution < 1.29 is 4.74 Å². The Morgan fingerprint density at radius 3 is 2.79 bits per heavy atom. The van der Waals surface area contributed by atoms with Crippen molar-refractivity contribution in [3.63, 3.8) is 0 Å². The van der Waals surface area contributed by atoms with E-state index in [9.17, 15) is 5.26 Å². The van der Waals surface area contributed by atoms with Crippen molar-refractivity contribution in [2.24, 2.45) is 5.92 Å². The van der Waals surface area contributed by atoms with Crippen LogP contribution in [0.1, 0.15) is 42.9 Å². The van der Waals surface area contributed by atoms with Crippen molar-refractivity contribution in [1.29, 1.82) is 5.26 Å². The van der Waals surface area contributed by atoms with E-state index in [1.54, 1.807) is 18.5 Å². The van der Waals surface area contributed by atoms with Crippen LogP contribution in [0, 0.1) is 17.2 Å². The number of nitriles is 1. The largest absolute Gasteiger partial charge is 0.476 e. The second-order valence-corrected chi connectivity index (χ2v) is 7.66. The van der Waals surface area contributed by atoms with Crippen LogP contribution in [0.4, 0.5) is 5.69 Å². The van der Waals surface area contributed by atoms with Crippen molar-refractivity contribution in [1.82, 2.24) is 19.6 Å². The van der Waals surface area contributed by atoms with Gasteiger partial charge in [0.05, 0.1) is 35.9 Å². The molecule has 1 aliphatic heterocycles. The van der Waals surface area contributed by atoms with Crippen LogP contribution in [-0.2, 0) is 0 Å². The lowest BCUT2D eigenvalue weighted by Gasteiger charge is -2.33. The molecule has 3 aromatic heterocycles. The molecule has 2 fully saturated rings. The van der Waals surface area contributed by atoms with Crippen molar-refractivity contribution in [2.45, 2.75) is 31.6 Å². The number of imidazole rings is 1. The molecule has 0 unspecified atom stereocenters. The van der Waals surface area contributed by atoms with Gasteiger partial charge < -0.3 is 9.64 Å². The Labute approximate surface area is 163 Å². The number of piperidine rings is 1. The second-order valence-electron chi connectivity index (χ2n) is 7.66. The predicted molar refractivity (Wildman–Crippen MR) is 104 cm³/mol. The lowest BCUT2D eigenvalue weighted by molar-refractivity contribution is 0.214. The molecule has 0 radical (unpaired) electrons. The number of anilines is 1. The fraction of sp³-hybridized carbons (Fsp3) is 0.429. The van der Waals surface area contributed by atoms with Crippen LogP contribution < -0.4 is 9.64 Å². The van der Waals surface area contributed by atoms with Gasteiger partial charge in [-0.3, -0.25) is 4.98 Å². The van der Waals surface area contributed by atoms with Gasteiger partial charge in [0.25, 0.3) is 0 Å². The van der Waals surface area contributed by atoms with Gasteiger partial charge in [0.1, 0.15) is 6.07 Å². The van der Waals surface area contributed by atoms with E-state index in [2.05, 4.69) is 26.0 Å². The minimum Gasteiger partial charge on any atom is -0.476 e. The normalized spacial score (nSPS) is 17.6. The Morgan fingerprint density at radius 1 is 1.14 bits per heavy atom. The van der Waals surface area contributed by atoms with Crippen molar-refractivity contribution in [3.05, 3.63) is 48.0 Å². The summed E-state index contributed by atoms with van der Waals surface area (Å²) in [6, 6.07) is 7.91. The summed E-state index contributed by atoms with van der Waals surface area (Å²) >= 11 is 0. The number of ether oxygens (including phenoxy) is 1. The van der Waals surface area contributed by atoms with Gasteiger partial charge in [0.2, 0.25) is 5.88 Å². The first kappa shape index (κ1) is 17.0. The molecule has 28 heavy (non-hydrogen) atoms. The molecule has 7 heteroatoms. The van der Waals surface area contributed by atoms with E-state index < -0.39 is 0 Å². The van der Waals surface area contributed by atoms with Gasteiger partial charge in [-0.25, -0.2) is 9.50 Å². The molecule has 0 spiro atoms. The van der Waals surface area contributed by atoms with Gasteiger partial charge >= 0.3 is 0 Å². The molecular weight excluding hydrogens is 352 g/mol. The van der Waals surface area contributed by atoms with Crippen LogP contribution in [0.25, 0.3) is 5.65 Å². The molecule has 0 aromatic carbocycles. The topological polar surface area (TPSA) is 79.3 Å². The summed E-state index contributed by atoms with van der Waals surface area (Å²) in [6.45, 7) is 2.48. The molecule has 0 atom stereocenters. The zero-order valence-corrected chi connectivity index (χ0v) is 15.7. The summed E-state index contributed by atoms with van der Waals surface area (Å²) < 4.78 is 7.81. The van der Waals surface area contributed by atoms with Gasteiger partial charge in [-0.05, 0) is 43.7 Å². The monoisotopic (exact) mass is 374 g/mol. The molecule has 0 amide bonds. The molecule has 142 valence electrons. The van der Waals surface area contributed by atoms with E-state index in [1.165, 1.54) is 12.8 Å². The maximum Gasteiger partial charge on any atom is 0.231 e. The Bertz CT molecular complexity index is 1030. The summed E-state index contributed by atoms with van der Waals surface area (Å²) in [7, 11) is 0. The maximum absolute atomic E-state index is 9.28. The number of rotatable bonds is 5. The molecule has 0 bridgehead atoms. The van der Waals surface area contributed by atoms with Gasteiger partial charge in [-0.1, -0.05) is 0 Å². The molecule has 7 nitrogen and oxygen atoms in total. The van der Waals surface area contributed by atoms with Crippen molar-refractivity contribution in [3.8, 4) is 11.9 Å². The van der Waals surface area contributed by atoms with E-state index in [1.807, 2.05) is 22.8 Å². The van der Waals surface area contributed by atoms with Crippen LogP contribution >= 0.6 is 0 Å². The summed E-state index contributed by atoms with van der Waals surface area (Å²) in [5.41, 5.74) is 3.65. The van der Waals surface area contributed by atoms with E-state index in [0.29, 0.717) is 29.9 Å². The number of aromatic nitrogens is 4. The summed E-state index contributed by atoms with van der Waals surface area (Å²) in [6.07, 6.45) is 10.0. The average Bonchev–Trinajstić information content (AvgIpc) is 3.51. The smallest absolute Gasteiger partial charge is 0.231 e. The lowest BCUT2D eigenvalue weighted by atomic mass is 9.97. The van der Waals surface area contributed by atoms with E-state index in [4.69, 9.17) is 4.74 Å². The van der Waals surface area contributed by atoms with Gasteiger partial charge in [0, 0.05) is 31.3 Å². The SMILES string of the molecule is N#Cc1ccncc1N1CCC(COc2ccc3nc(C4CC4)cn3n2)CC1. The van der Waals surface area contributed by atoms with Crippen molar-refractivity contribution in [2.75, 3.05) is 24.6 Å². The quantitative estimate of drug-likeness (QED) is 0.682. The highest BCUT2D eigenvalue weighted by Crippen LogP contribution is 2.39. The average molecular weight is 374 g/mol. The Balaban J connectivity index is 1.18. The molecule has 4 heterocycles. The first-order chi connectivity index (χ1) is 13.8. The summed E-state index contributed by atoms with van der Waals surface area (Å²) in [4.78, 5) is 11.0. The number of hydrogen-bond acceptors (Lipinski definition) is 6. The van der Waals surface area contributed by atoms with E-state index >= 15 is 0 Å². The highest BCUT2D eigenvalue weighted by Gasteiger charge is 2.26. The third-order valence-electron chi connectivity index (χ3n) is 5.65. The standard InChI is InChI=1S/C21H22N6O/c22-11-17-5-8-23-12-19(17)26-9-6-15(7-10-26)14-28-21-4-3-20-24-18(16-1-2-16)13-27(20)25-21/h3-5,8,12-13,15-16H,1-2,6-7,9-10,14H2. The number of fused-ring (bicyclic) bond motifs is 1. The first-order valence-corrected chi connectivity index (χ1v) is 9.88. The zero-order chi connectivity index (χ0) is 18.9. The summed E-state index contributed by atoms with van der Waals surface area (Å²) in [5, 5.41) is 13.8. The van der Waals surface area contributed by atoms with Gasteiger partial charge in [-0.2, -0.15) is 5.26 Å². The summed E-state index contributed by atoms with van der Waals surface area (Å²) in [5.74, 6) is 1.76.